The normalized spacial score (nSPS) is 11.5. The molecule has 0 aliphatic carbocycles. The van der Waals surface area contributed by atoms with E-state index in [4.69, 9.17) is 4.84 Å². The van der Waals surface area contributed by atoms with Crippen LogP contribution in [0.2, 0.25) is 0 Å². The van der Waals surface area contributed by atoms with Gasteiger partial charge in [-0.1, -0.05) is 90.6 Å². The Morgan fingerprint density at radius 1 is 0.800 bits per heavy atom. The summed E-state index contributed by atoms with van der Waals surface area (Å²) in [5.41, 5.74) is 6.09. The van der Waals surface area contributed by atoms with Crippen molar-refractivity contribution in [3.8, 4) is 0 Å². The number of hydrogen-bond acceptors (Lipinski definition) is 3. The maximum atomic E-state index is 6.04. The minimum Gasteiger partial charge on any atom is -0.261 e. The summed E-state index contributed by atoms with van der Waals surface area (Å²) >= 11 is 1.51. The molecule has 0 unspecified atom stereocenters. The first kappa shape index (κ1) is 17.3. The molecule has 3 aromatic rings. The van der Waals surface area contributed by atoms with Crippen LogP contribution < -0.4 is 5.48 Å². The molecule has 0 fully saturated rings. The molecule has 3 nitrogen and oxygen atoms in total. The number of aliphatic imine (C=N–C) groups is 1. The van der Waals surface area contributed by atoms with E-state index in [9.17, 15) is 0 Å². The van der Waals surface area contributed by atoms with Gasteiger partial charge < -0.3 is 0 Å². The van der Waals surface area contributed by atoms with E-state index in [1.54, 1.807) is 0 Å². The van der Waals surface area contributed by atoms with Crippen molar-refractivity contribution >= 4 is 22.6 Å². The second-order valence-corrected chi connectivity index (χ2v) is 6.17. The predicted octanol–water partition coefficient (Wildman–Crippen LogP) is 5.35. The molecule has 0 saturated carbocycles. The molecular weight excluding hydrogens is 328 g/mol. The Morgan fingerprint density at radius 3 is 1.76 bits per heavy atom. The van der Waals surface area contributed by atoms with Crippen LogP contribution in [0.25, 0.3) is 0 Å². The van der Waals surface area contributed by atoms with E-state index in [0.717, 1.165) is 16.8 Å². The molecule has 0 amide bonds. The first-order valence-electron chi connectivity index (χ1n) is 8.06. The second kappa shape index (κ2) is 9.06. The van der Waals surface area contributed by atoms with Crippen molar-refractivity contribution in [1.29, 1.82) is 0 Å². The molecule has 0 atom stereocenters. The summed E-state index contributed by atoms with van der Waals surface area (Å²) in [5, 5.41) is 0.711. The van der Waals surface area contributed by atoms with Crippen molar-refractivity contribution in [1.82, 2.24) is 5.48 Å². The molecule has 0 aliphatic heterocycles. The summed E-state index contributed by atoms with van der Waals surface area (Å²) in [6, 6.07) is 30.2. The minimum atomic E-state index is -0.212. The van der Waals surface area contributed by atoms with Crippen molar-refractivity contribution in [2.45, 2.75) is 6.10 Å². The average molecular weight is 348 g/mol. The maximum absolute atomic E-state index is 6.04. The molecule has 0 spiro atoms. The third-order valence-electron chi connectivity index (χ3n) is 3.65. The van der Waals surface area contributed by atoms with Crippen LogP contribution in [0.1, 0.15) is 17.2 Å². The third kappa shape index (κ3) is 4.95. The third-order valence-corrected chi connectivity index (χ3v) is 4.21. The van der Waals surface area contributed by atoms with E-state index >= 15 is 0 Å². The Bertz CT molecular complexity index is 752. The van der Waals surface area contributed by atoms with Gasteiger partial charge >= 0.3 is 0 Å². The molecule has 3 rings (SSSR count). The molecular formula is C21H20N2OS. The largest absolute Gasteiger partial charge is 0.261 e. The quantitative estimate of drug-likeness (QED) is 0.383. The van der Waals surface area contributed by atoms with Gasteiger partial charge in [0.15, 0.2) is 5.17 Å². The van der Waals surface area contributed by atoms with Crippen molar-refractivity contribution in [3.63, 3.8) is 0 Å². The van der Waals surface area contributed by atoms with E-state index in [1.807, 2.05) is 73.0 Å². The lowest BCUT2D eigenvalue weighted by Gasteiger charge is -2.19. The molecule has 126 valence electrons. The first-order chi connectivity index (χ1) is 12.4. The lowest BCUT2D eigenvalue weighted by Crippen LogP contribution is -2.24. The van der Waals surface area contributed by atoms with Crippen molar-refractivity contribution < 1.29 is 4.84 Å². The minimum absolute atomic E-state index is 0.212. The summed E-state index contributed by atoms with van der Waals surface area (Å²) in [7, 11) is 0. The molecule has 0 aliphatic rings. The number of thioether (sulfide) groups is 1. The number of nitrogens with zero attached hydrogens (tertiary/aromatic N) is 1. The first-order valence-corrected chi connectivity index (χ1v) is 9.28. The van der Waals surface area contributed by atoms with Crippen molar-refractivity contribution in [2.75, 3.05) is 6.26 Å². The van der Waals surface area contributed by atoms with Crippen molar-refractivity contribution in [2.24, 2.45) is 4.99 Å². The van der Waals surface area contributed by atoms with Crippen molar-refractivity contribution in [3.05, 3.63) is 102 Å². The Balaban J connectivity index is 1.80. The van der Waals surface area contributed by atoms with Crippen LogP contribution in [0.4, 0.5) is 5.69 Å². The fraction of sp³-hybridized carbons (Fsp3) is 0.0952. The Morgan fingerprint density at radius 2 is 1.28 bits per heavy atom. The van der Waals surface area contributed by atoms with E-state index < -0.39 is 0 Å². The van der Waals surface area contributed by atoms with E-state index in [1.165, 1.54) is 11.8 Å². The molecule has 3 aromatic carbocycles. The molecule has 0 saturated heterocycles. The van der Waals surface area contributed by atoms with Gasteiger partial charge in [-0.25, -0.2) is 10.5 Å². The number of rotatable bonds is 5. The Hall–Kier alpha value is -2.56. The van der Waals surface area contributed by atoms with Crippen LogP contribution in [0.5, 0.6) is 0 Å². The van der Waals surface area contributed by atoms with Gasteiger partial charge in [-0.3, -0.25) is 4.84 Å². The fourth-order valence-electron chi connectivity index (χ4n) is 2.42. The molecule has 0 radical (unpaired) electrons. The highest BCUT2D eigenvalue weighted by Gasteiger charge is 2.15. The number of para-hydroxylation sites is 1. The summed E-state index contributed by atoms with van der Waals surface area (Å²) in [6.45, 7) is 0. The second-order valence-electron chi connectivity index (χ2n) is 5.38. The highest BCUT2D eigenvalue weighted by Crippen LogP contribution is 2.25. The fourth-order valence-corrected chi connectivity index (χ4v) is 2.75. The van der Waals surface area contributed by atoms with Gasteiger partial charge in [0.2, 0.25) is 0 Å². The number of hydrogen-bond donors (Lipinski definition) is 1. The van der Waals surface area contributed by atoms with Crippen LogP contribution in [-0.4, -0.2) is 11.4 Å². The average Bonchev–Trinajstić information content (AvgIpc) is 2.69. The number of nitrogens with one attached hydrogen (secondary N) is 1. The molecule has 1 N–H and O–H groups in total. The Labute approximate surface area is 152 Å². The van der Waals surface area contributed by atoms with Crippen LogP contribution in [-0.2, 0) is 4.84 Å². The summed E-state index contributed by atoms with van der Waals surface area (Å²) in [6.07, 6.45) is 1.76. The summed E-state index contributed by atoms with van der Waals surface area (Å²) < 4.78 is 0. The van der Waals surface area contributed by atoms with Gasteiger partial charge in [0.05, 0.1) is 5.69 Å². The maximum Gasteiger partial charge on any atom is 0.185 e. The van der Waals surface area contributed by atoms with E-state index in [0.29, 0.717) is 5.17 Å². The van der Waals surface area contributed by atoms with E-state index in [-0.39, 0.29) is 6.10 Å². The lowest BCUT2D eigenvalue weighted by molar-refractivity contribution is 0.0357. The van der Waals surface area contributed by atoms with E-state index in [2.05, 4.69) is 34.7 Å². The van der Waals surface area contributed by atoms with Crippen LogP contribution in [0.15, 0.2) is 96.0 Å². The molecule has 4 heteroatoms. The Kier molecular flexibility index (Phi) is 6.26. The van der Waals surface area contributed by atoms with Gasteiger partial charge in [0, 0.05) is 0 Å². The highest BCUT2D eigenvalue weighted by atomic mass is 32.2. The zero-order valence-corrected chi connectivity index (χ0v) is 14.8. The lowest BCUT2D eigenvalue weighted by atomic mass is 10.0. The molecule has 0 aromatic heterocycles. The number of amidine groups is 1. The molecule has 25 heavy (non-hydrogen) atoms. The monoisotopic (exact) mass is 348 g/mol. The topological polar surface area (TPSA) is 33.6 Å². The van der Waals surface area contributed by atoms with Gasteiger partial charge in [-0.05, 0) is 29.5 Å². The zero-order chi connectivity index (χ0) is 17.3. The zero-order valence-electron chi connectivity index (χ0n) is 14.0. The van der Waals surface area contributed by atoms with Gasteiger partial charge in [-0.15, -0.1) is 0 Å². The predicted molar refractivity (Wildman–Crippen MR) is 106 cm³/mol. The SMILES string of the molecule is CSC(=Nc1ccccc1)NOC(c1ccccc1)c1ccccc1. The summed E-state index contributed by atoms with van der Waals surface area (Å²) in [4.78, 5) is 10.6. The molecule has 0 bridgehead atoms. The van der Waals surface area contributed by atoms with Crippen LogP contribution in [0.3, 0.4) is 0 Å². The number of hydroxylamine groups is 1. The smallest absolute Gasteiger partial charge is 0.185 e. The standard InChI is InChI=1S/C21H20N2OS/c1-25-21(22-19-15-9-4-10-16-19)23-24-20(17-11-5-2-6-12-17)18-13-7-3-8-14-18/h2-16,20H,1H3,(H,22,23). The summed E-state index contributed by atoms with van der Waals surface area (Å²) in [5.74, 6) is 0. The number of benzene rings is 3. The van der Waals surface area contributed by atoms with Crippen LogP contribution >= 0.6 is 11.8 Å². The highest BCUT2D eigenvalue weighted by molar-refractivity contribution is 8.13. The van der Waals surface area contributed by atoms with Gasteiger partial charge in [-0.2, -0.15) is 0 Å². The van der Waals surface area contributed by atoms with Crippen LogP contribution in [0, 0.1) is 0 Å². The van der Waals surface area contributed by atoms with Gasteiger partial charge in [0.25, 0.3) is 0 Å². The molecule has 0 heterocycles. The van der Waals surface area contributed by atoms with Gasteiger partial charge in [0.1, 0.15) is 6.10 Å².